The molecule has 0 N–H and O–H groups in total. The van der Waals surface area contributed by atoms with Crippen LogP contribution >= 0.6 is 15.9 Å². The monoisotopic (exact) mass is 255 g/mol. The molecule has 1 aromatic rings. The van der Waals surface area contributed by atoms with Crippen molar-refractivity contribution >= 4 is 22.0 Å². The summed E-state index contributed by atoms with van der Waals surface area (Å²) in [6.07, 6.45) is 3.13. The molecule has 2 rings (SSSR count). The normalized spacial score (nSPS) is 17.3. The second-order valence-electron chi connectivity index (χ2n) is 3.36. The predicted octanol–water partition coefficient (Wildman–Crippen LogP) is 2.91. The predicted molar refractivity (Wildman–Crippen MR) is 53.1 cm³/mol. The van der Waals surface area contributed by atoms with E-state index in [1.54, 1.807) is 18.2 Å². The third-order valence-electron chi connectivity index (χ3n) is 2.44. The van der Waals surface area contributed by atoms with E-state index >= 15 is 0 Å². The lowest BCUT2D eigenvalue weighted by Crippen LogP contribution is -2.02. The van der Waals surface area contributed by atoms with Crippen LogP contribution in [0.5, 0.6) is 0 Å². The number of nitrogens with zero attached hydrogens (tertiary/aromatic N) is 1. The number of hydrogen-bond donors (Lipinski definition) is 0. The summed E-state index contributed by atoms with van der Waals surface area (Å²) in [4.78, 5) is 13.9. The maximum absolute atomic E-state index is 13.2. The van der Waals surface area contributed by atoms with Gasteiger partial charge in [-0.25, -0.2) is 9.18 Å². The summed E-state index contributed by atoms with van der Waals surface area (Å²) in [7, 11) is 0. The number of carbonyl (C=O) groups excluding carboxylic acids is 1. The Balaban J connectivity index is 2.42. The van der Waals surface area contributed by atoms with Gasteiger partial charge in [-0.2, -0.15) is 4.99 Å². The maximum atomic E-state index is 13.2. The Bertz CT molecular complexity index is 422. The van der Waals surface area contributed by atoms with E-state index in [1.807, 2.05) is 0 Å². The van der Waals surface area contributed by atoms with Gasteiger partial charge in [-0.3, -0.25) is 0 Å². The van der Waals surface area contributed by atoms with Gasteiger partial charge in [0.25, 0.3) is 0 Å². The molecule has 0 atom stereocenters. The van der Waals surface area contributed by atoms with Crippen LogP contribution < -0.4 is 0 Å². The molecule has 0 saturated heterocycles. The van der Waals surface area contributed by atoms with Crippen LogP contribution in [-0.2, 0) is 10.3 Å². The molecule has 0 radical (unpaired) electrons. The van der Waals surface area contributed by atoms with Crippen LogP contribution in [0.1, 0.15) is 18.4 Å². The smallest absolute Gasteiger partial charge is 0.211 e. The summed E-state index contributed by atoms with van der Waals surface area (Å²) in [5.41, 5.74) is 0.269. The minimum absolute atomic E-state index is 0.324. The van der Waals surface area contributed by atoms with Gasteiger partial charge in [0.15, 0.2) is 0 Å². The van der Waals surface area contributed by atoms with Crippen LogP contribution in [0.2, 0.25) is 0 Å². The Labute approximate surface area is 89.0 Å². The van der Waals surface area contributed by atoms with Gasteiger partial charge < -0.3 is 0 Å². The van der Waals surface area contributed by atoms with E-state index in [-0.39, 0.29) is 5.82 Å². The van der Waals surface area contributed by atoms with Crippen LogP contribution in [0.3, 0.4) is 0 Å². The number of aliphatic imine (C=N–C) groups is 1. The van der Waals surface area contributed by atoms with Crippen LogP contribution in [0.25, 0.3) is 0 Å². The summed E-state index contributed by atoms with van der Waals surface area (Å²) in [5, 5.41) is 0. The SMILES string of the molecule is O=C=NC1(c2ccc(Br)c(F)c2)CC1. The van der Waals surface area contributed by atoms with Gasteiger partial charge in [0.05, 0.1) is 10.0 Å². The number of rotatable bonds is 2. The van der Waals surface area contributed by atoms with Crippen molar-refractivity contribution in [1.82, 2.24) is 0 Å². The van der Waals surface area contributed by atoms with Crippen molar-refractivity contribution in [2.75, 3.05) is 0 Å². The number of halogens is 2. The van der Waals surface area contributed by atoms with E-state index in [0.29, 0.717) is 4.47 Å². The molecule has 0 heterocycles. The molecule has 0 spiro atoms. The summed E-state index contributed by atoms with van der Waals surface area (Å²) in [6, 6.07) is 4.82. The highest BCUT2D eigenvalue weighted by Gasteiger charge is 2.45. The van der Waals surface area contributed by atoms with Gasteiger partial charge >= 0.3 is 0 Å². The van der Waals surface area contributed by atoms with Crippen LogP contribution in [0, 0.1) is 5.82 Å². The quantitative estimate of drug-likeness (QED) is 0.590. The lowest BCUT2D eigenvalue weighted by atomic mass is 10.1. The molecule has 1 fully saturated rings. The van der Waals surface area contributed by atoms with E-state index < -0.39 is 5.54 Å². The lowest BCUT2D eigenvalue weighted by Gasteiger charge is -2.08. The van der Waals surface area contributed by atoms with Crippen molar-refractivity contribution in [3.8, 4) is 0 Å². The molecule has 0 bridgehead atoms. The molecule has 0 unspecified atom stereocenters. The number of isocyanates is 1. The Hall–Kier alpha value is -0.990. The molecule has 1 aliphatic rings. The van der Waals surface area contributed by atoms with E-state index in [0.717, 1.165) is 18.4 Å². The molecule has 0 amide bonds. The van der Waals surface area contributed by atoms with Gasteiger partial charge in [-0.1, -0.05) is 6.07 Å². The van der Waals surface area contributed by atoms with E-state index in [9.17, 15) is 9.18 Å². The Morgan fingerprint density at radius 2 is 2.21 bits per heavy atom. The molecule has 0 aliphatic heterocycles. The average Bonchev–Trinajstić information content (AvgIpc) is 2.91. The van der Waals surface area contributed by atoms with Crippen molar-refractivity contribution in [2.45, 2.75) is 18.4 Å². The van der Waals surface area contributed by atoms with Crippen molar-refractivity contribution < 1.29 is 9.18 Å². The van der Waals surface area contributed by atoms with Gasteiger partial charge in [0.1, 0.15) is 5.82 Å². The molecule has 14 heavy (non-hydrogen) atoms. The molecule has 0 aromatic heterocycles. The summed E-state index contributed by atoms with van der Waals surface area (Å²) < 4.78 is 13.6. The fourth-order valence-electron chi connectivity index (χ4n) is 1.46. The van der Waals surface area contributed by atoms with E-state index in [4.69, 9.17) is 0 Å². The fraction of sp³-hybridized carbons (Fsp3) is 0.300. The van der Waals surface area contributed by atoms with Crippen LogP contribution in [0.4, 0.5) is 4.39 Å². The van der Waals surface area contributed by atoms with Crippen molar-refractivity contribution in [2.24, 2.45) is 4.99 Å². The first kappa shape index (κ1) is 9.56. The highest BCUT2D eigenvalue weighted by atomic mass is 79.9. The largest absolute Gasteiger partial charge is 0.235 e. The fourth-order valence-corrected chi connectivity index (χ4v) is 1.70. The molecule has 2 nitrogen and oxygen atoms in total. The third-order valence-corrected chi connectivity index (χ3v) is 3.08. The Kier molecular flexibility index (Phi) is 2.25. The van der Waals surface area contributed by atoms with Crippen molar-refractivity contribution in [3.63, 3.8) is 0 Å². The first-order valence-corrected chi connectivity index (χ1v) is 5.02. The number of benzene rings is 1. The summed E-state index contributed by atoms with van der Waals surface area (Å²) in [5.74, 6) is -0.324. The van der Waals surface area contributed by atoms with Crippen molar-refractivity contribution in [3.05, 3.63) is 34.1 Å². The highest BCUT2D eigenvalue weighted by molar-refractivity contribution is 9.10. The molecular weight excluding hydrogens is 249 g/mol. The molecule has 1 aromatic carbocycles. The Morgan fingerprint density at radius 3 is 2.71 bits per heavy atom. The minimum Gasteiger partial charge on any atom is -0.211 e. The summed E-state index contributed by atoms with van der Waals surface area (Å²) >= 11 is 3.07. The molecule has 72 valence electrons. The average molecular weight is 256 g/mol. The highest BCUT2D eigenvalue weighted by Crippen LogP contribution is 2.49. The van der Waals surface area contributed by atoms with Gasteiger partial charge in [0.2, 0.25) is 6.08 Å². The zero-order valence-corrected chi connectivity index (χ0v) is 8.84. The van der Waals surface area contributed by atoms with Gasteiger partial charge in [0, 0.05) is 0 Å². The Morgan fingerprint density at radius 1 is 1.50 bits per heavy atom. The number of hydrogen-bond acceptors (Lipinski definition) is 2. The first-order valence-electron chi connectivity index (χ1n) is 4.22. The lowest BCUT2D eigenvalue weighted by molar-refractivity contribution is 0.555. The maximum Gasteiger partial charge on any atom is 0.235 e. The van der Waals surface area contributed by atoms with E-state index in [2.05, 4.69) is 20.9 Å². The molecule has 1 aliphatic carbocycles. The van der Waals surface area contributed by atoms with Crippen LogP contribution in [0.15, 0.2) is 27.7 Å². The van der Waals surface area contributed by atoms with Crippen LogP contribution in [-0.4, -0.2) is 6.08 Å². The van der Waals surface area contributed by atoms with Gasteiger partial charge in [-0.15, -0.1) is 0 Å². The molecule has 4 heteroatoms. The second-order valence-corrected chi connectivity index (χ2v) is 4.22. The zero-order chi connectivity index (χ0) is 10.2. The first-order chi connectivity index (χ1) is 6.68. The summed E-state index contributed by atoms with van der Waals surface area (Å²) in [6.45, 7) is 0. The standard InChI is InChI=1S/C10H7BrFNO/c11-8-2-1-7(5-9(8)12)10(3-4-10)13-6-14/h1-2,5H,3-4H2. The zero-order valence-electron chi connectivity index (χ0n) is 7.26. The minimum atomic E-state index is -0.483. The topological polar surface area (TPSA) is 29.4 Å². The van der Waals surface area contributed by atoms with E-state index in [1.165, 1.54) is 6.07 Å². The second kappa shape index (κ2) is 3.30. The van der Waals surface area contributed by atoms with Gasteiger partial charge in [-0.05, 0) is 46.5 Å². The molecule has 1 saturated carbocycles. The third kappa shape index (κ3) is 1.51. The molecular formula is C10H7BrFNO. The van der Waals surface area contributed by atoms with Crippen molar-refractivity contribution in [1.29, 1.82) is 0 Å².